The molecular formula is C24H29FN4O4. The Bertz CT molecular complexity index is 1300. The number of nitrogens with zero attached hydrogens (tertiary/aromatic N) is 3. The molecule has 33 heavy (non-hydrogen) atoms. The Hall–Kier alpha value is -3.10. The second-order valence-corrected chi connectivity index (χ2v) is 10.1. The van der Waals surface area contributed by atoms with Crippen LogP contribution < -0.4 is 15.8 Å². The normalized spacial score (nSPS) is 18.9. The number of anilines is 1. The number of rotatable bonds is 4. The van der Waals surface area contributed by atoms with Crippen molar-refractivity contribution in [1.82, 2.24) is 14.9 Å². The Balaban J connectivity index is 1.43. The lowest BCUT2D eigenvalue weighted by atomic mass is 10.1. The molecule has 0 radical (unpaired) electrons. The summed E-state index contributed by atoms with van der Waals surface area (Å²) >= 11 is 0. The summed E-state index contributed by atoms with van der Waals surface area (Å²) in [5.41, 5.74) is 1.01. The van der Waals surface area contributed by atoms with Crippen LogP contribution in [0.1, 0.15) is 52.0 Å². The zero-order valence-corrected chi connectivity index (χ0v) is 19.4. The highest BCUT2D eigenvalue weighted by Gasteiger charge is 2.31. The molecule has 8 nitrogen and oxygen atoms in total. The molecule has 1 N–H and O–H groups in total. The van der Waals surface area contributed by atoms with Crippen LogP contribution in [0.25, 0.3) is 22.0 Å². The van der Waals surface area contributed by atoms with Crippen molar-refractivity contribution in [3.63, 3.8) is 0 Å². The van der Waals surface area contributed by atoms with Gasteiger partial charge in [-0.1, -0.05) is 0 Å². The third-order valence-corrected chi connectivity index (χ3v) is 6.20. The van der Waals surface area contributed by atoms with E-state index in [1.807, 2.05) is 25.7 Å². The maximum absolute atomic E-state index is 15.3. The first-order chi connectivity index (χ1) is 15.6. The number of aryl methyl sites for hydroxylation is 1. The summed E-state index contributed by atoms with van der Waals surface area (Å²) in [4.78, 5) is 31.3. The van der Waals surface area contributed by atoms with Gasteiger partial charge in [0.2, 0.25) is 0 Å². The summed E-state index contributed by atoms with van der Waals surface area (Å²) in [7, 11) is 0. The Kier molecular flexibility index (Phi) is 5.10. The Morgan fingerprint density at radius 3 is 2.76 bits per heavy atom. The smallest absolute Gasteiger partial charge is 0.407 e. The summed E-state index contributed by atoms with van der Waals surface area (Å²) in [6.07, 6.45) is 2.22. The van der Waals surface area contributed by atoms with Crippen molar-refractivity contribution in [2.75, 3.05) is 24.5 Å². The highest BCUT2D eigenvalue weighted by atomic mass is 19.1. The van der Waals surface area contributed by atoms with Crippen molar-refractivity contribution in [1.29, 1.82) is 0 Å². The molecule has 1 amide bonds. The largest absolute Gasteiger partial charge is 0.444 e. The van der Waals surface area contributed by atoms with Crippen molar-refractivity contribution in [2.45, 2.75) is 58.6 Å². The van der Waals surface area contributed by atoms with Gasteiger partial charge in [0.05, 0.1) is 11.2 Å². The van der Waals surface area contributed by atoms with E-state index in [-0.39, 0.29) is 28.9 Å². The SMILES string of the molecule is Cc1nc2c(=O)n(C3CC3)c3cc(N4CCC(CNC(=O)OC(C)(C)C)C4)c(F)cc3c2o1. The van der Waals surface area contributed by atoms with Gasteiger partial charge in [-0.15, -0.1) is 0 Å². The molecule has 0 bridgehead atoms. The minimum Gasteiger partial charge on any atom is -0.444 e. The number of carbonyl (C=O) groups excluding carboxylic acids is 1. The van der Waals surface area contributed by atoms with Crippen molar-refractivity contribution in [3.8, 4) is 0 Å². The van der Waals surface area contributed by atoms with Gasteiger partial charge in [-0.3, -0.25) is 4.79 Å². The van der Waals surface area contributed by atoms with Crippen LogP contribution in [-0.2, 0) is 4.74 Å². The maximum atomic E-state index is 15.3. The fourth-order valence-corrected chi connectivity index (χ4v) is 4.61. The topological polar surface area (TPSA) is 89.6 Å². The van der Waals surface area contributed by atoms with Crippen LogP contribution >= 0.6 is 0 Å². The van der Waals surface area contributed by atoms with E-state index in [0.29, 0.717) is 47.7 Å². The van der Waals surface area contributed by atoms with Crippen LogP contribution in [0.5, 0.6) is 0 Å². The van der Waals surface area contributed by atoms with Crippen LogP contribution in [0.4, 0.5) is 14.9 Å². The molecule has 1 unspecified atom stereocenters. The first-order valence-electron chi connectivity index (χ1n) is 11.5. The monoisotopic (exact) mass is 456 g/mol. The average Bonchev–Trinajstić information content (AvgIpc) is 3.29. The third kappa shape index (κ3) is 4.16. The molecule has 1 aliphatic heterocycles. The molecule has 1 atom stereocenters. The average molecular weight is 457 g/mol. The minimum absolute atomic E-state index is 0.115. The van der Waals surface area contributed by atoms with Gasteiger partial charge in [0, 0.05) is 38.0 Å². The second kappa shape index (κ2) is 7.74. The molecule has 1 aromatic carbocycles. The number of carbonyl (C=O) groups is 1. The molecule has 2 aliphatic rings. The molecular weight excluding hydrogens is 427 g/mol. The summed E-state index contributed by atoms with van der Waals surface area (Å²) in [6, 6.07) is 3.34. The fourth-order valence-electron chi connectivity index (χ4n) is 4.61. The van der Waals surface area contributed by atoms with E-state index in [9.17, 15) is 9.59 Å². The number of nitrogens with one attached hydrogen (secondary N) is 1. The number of amides is 1. The van der Waals surface area contributed by atoms with Gasteiger partial charge in [0.25, 0.3) is 5.56 Å². The third-order valence-electron chi connectivity index (χ3n) is 6.20. The molecule has 3 heterocycles. The Morgan fingerprint density at radius 1 is 1.30 bits per heavy atom. The summed E-state index contributed by atoms with van der Waals surface area (Å²) in [6.45, 7) is 8.89. The molecule has 3 aromatic rings. The van der Waals surface area contributed by atoms with Gasteiger partial charge >= 0.3 is 6.09 Å². The highest BCUT2D eigenvalue weighted by Crippen LogP contribution is 2.39. The van der Waals surface area contributed by atoms with Gasteiger partial charge < -0.3 is 23.9 Å². The summed E-state index contributed by atoms with van der Waals surface area (Å²) in [5.74, 6) is 0.207. The number of benzene rings is 1. The van der Waals surface area contributed by atoms with Crippen LogP contribution in [0.3, 0.4) is 0 Å². The molecule has 0 spiro atoms. The van der Waals surface area contributed by atoms with Gasteiger partial charge in [0.15, 0.2) is 17.0 Å². The predicted molar refractivity (Wildman–Crippen MR) is 123 cm³/mol. The van der Waals surface area contributed by atoms with Crippen LogP contribution in [0.15, 0.2) is 21.3 Å². The van der Waals surface area contributed by atoms with E-state index in [1.165, 1.54) is 6.07 Å². The molecule has 2 aromatic heterocycles. The number of halogens is 1. The van der Waals surface area contributed by atoms with E-state index in [1.54, 1.807) is 17.6 Å². The molecule has 176 valence electrons. The van der Waals surface area contributed by atoms with Gasteiger partial charge in [-0.25, -0.2) is 14.2 Å². The number of pyridine rings is 1. The number of alkyl carbamates (subject to hydrolysis) is 1. The van der Waals surface area contributed by atoms with Crippen molar-refractivity contribution in [3.05, 3.63) is 34.2 Å². The van der Waals surface area contributed by atoms with E-state index in [0.717, 1.165) is 19.3 Å². The summed E-state index contributed by atoms with van der Waals surface area (Å²) < 4.78 is 28.0. The maximum Gasteiger partial charge on any atom is 0.407 e. The van der Waals surface area contributed by atoms with E-state index >= 15 is 4.39 Å². The highest BCUT2D eigenvalue weighted by molar-refractivity contribution is 6.02. The standard InChI is InChI=1S/C24H29FN4O4/c1-13-27-20-21(32-13)16-9-17(25)19(10-18(16)29(22(20)30)15-5-6-15)28-8-7-14(12-28)11-26-23(31)33-24(2,3)4/h9-10,14-15H,5-8,11-12H2,1-4H3,(H,26,31). The van der Waals surface area contributed by atoms with E-state index in [2.05, 4.69) is 10.3 Å². The molecule has 9 heteroatoms. The number of aromatic nitrogens is 2. The zero-order valence-electron chi connectivity index (χ0n) is 19.4. The van der Waals surface area contributed by atoms with Gasteiger partial charge in [-0.05, 0) is 58.1 Å². The first-order valence-corrected chi connectivity index (χ1v) is 11.5. The van der Waals surface area contributed by atoms with Crippen molar-refractivity contribution >= 4 is 33.8 Å². The van der Waals surface area contributed by atoms with Gasteiger partial charge in [0.1, 0.15) is 11.4 Å². The first kappa shape index (κ1) is 21.7. The lowest BCUT2D eigenvalue weighted by Crippen LogP contribution is -2.36. The molecule has 5 rings (SSSR count). The zero-order chi connectivity index (χ0) is 23.5. The Labute approximate surface area is 190 Å². The molecule has 1 saturated carbocycles. The van der Waals surface area contributed by atoms with E-state index in [4.69, 9.17) is 9.15 Å². The second-order valence-electron chi connectivity index (χ2n) is 10.1. The Morgan fingerprint density at radius 2 is 2.06 bits per heavy atom. The van der Waals surface area contributed by atoms with Crippen molar-refractivity contribution < 1.29 is 18.3 Å². The molecule has 1 aliphatic carbocycles. The van der Waals surface area contributed by atoms with E-state index < -0.39 is 11.7 Å². The van der Waals surface area contributed by atoms with Gasteiger partial charge in [-0.2, -0.15) is 0 Å². The number of oxazole rings is 1. The lowest BCUT2D eigenvalue weighted by molar-refractivity contribution is 0.0520. The molecule has 2 fully saturated rings. The number of hydrogen-bond donors (Lipinski definition) is 1. The quantitative estimate of drug-likeness (QED) is 0.631. The number of hydrogen-bond acceptors (Lipinski definition) is 6. The number of ether oxygens (including phenoxy) is 1. The van der Waals surface area contributed by atoms with Crippen LogP contribution in [0.2, 0.25) is 0 Å². The molecule has 1 saturated heterocycles. The van der Waals surface area contributed by atoms with Crippen molar-refractivity contribution in [2.24, 2.45) is 5.92 Å². The van der Waals surface area contributed by atoms with Crippen LogP contribution in [0, 0.1) is 18.7 Å². The predicted octanol–water partition coefficient (Wildman–Crippen LogP) is 4.28. The summed E-state index contributed by atoms with van der Waals surface area (Å²) in [5, 5.41) is 3.38. The minimum atomic E-state index is -0.551. The van der Waals surface area contributed by atoms with Crippen LogP contribution in [-0.4, -0.2) is 40.9 Å². The number of fused-ring (bicyclic) bond motifs is 3. The fraction of sp³-hybridized carbons (Fsp3) is 0.542. The lowest BCUT2D eigenvalue weighted by Gasteiger charge is -2.22.